The third-order valence-corrected chi connectivity index (χ3v) is 0. The SMILES string of the molecule is [CH2]C(C)C.[CH2]C(C)C.[I-].[Sb]. The van der Waals surface area contributed by atoms with Gasteiger partial charge in [-0.05, 0) is 11.8 Å². The van der Waals surface area contributed by atoms with E-state index in [0.29, 0.717) is 11.8 Å². The van der Waals surface area contributed by atoms with Gasteiger partial charge in [0, 0.05) is 24.4 Å². The average Bonchev–Trinajstić information content (AvgIpc) is 1.25. The van der Waals surface area contributed by atoms with Gasteiger partial charge < -0.3 is 24.0 Å². The van der Waals surface area contributed by atoms with Gasteiger partial charge in [-0.25, -0.2) is 0 Å². The van der Waals surface area contributed by atoms with Crippen LogP contribution in [0.5, 0.6) is 0 Å². The molecule has 0 aromatic rings. The minimum Gasteiger partial charge on any atom is -1.00 e. The fourth-order valence-corrected chi connectivity index (χ4v) is 0. The molecule has 0 atom stereocenters. The van der Waals surface area contributed by atoms with Gasteiger partial charge in [-0.3, -0.25) is 0 Å². The summed E-state index contributed by atoms with van der Waals surface area (Å²) >= 11 is 0. The minimum atomic E-state index is 0. The fraction of sp³-hybridized carbons (Fsp3) is 0.750. The first-order chi connectivity index (χ1) is 3.46. The van der Waals surface area contributed by atoms with Gasteiger partial charge >= 0.3 is 0 Å². The summed E-state index contributed by atoms with van der Waals surface area (Å²) < 4.78 is 0. The molecule has 0 nitrogen and oxygen atoms in total. The van der Waals surface area contributed by atoms with Crippen LogP contribution in [0.2, 0.25) is 0 Å². The van der Waals surface area contributed by atoms with E-state index >= 15 is 0 Å². The van der Waals surface area contributed by atoms with Gasteiger partial charge in [-0.2, -0.15) is 0 Å². The van der Waals surface area contributed by atoms with Gasteiger partial charge in [0.25, 0.3) is 0 Å². The van der Waals surface area contributed by atoms with Crippen molar-refractivity contribution < 1.29 is 24.0 Å². The Kier molecular flexibility index (Phi) is 38.1. The zero-order valence-electron chi connectivity index (χ0n) is 7.39. The van der Waals surface area contributed by atoms with Crippen molar-refractivity contribution in [2.45, 2.75) is 27.7 Å². The maximum Gasteiger partial charge on any atom is 0 e. The van der Waals surface area contributed by atoms with Crippen molar-refractivity contribution >= 4 is 24.4 Å². The topological polar surface area (TPSA) is 0 Å². The molecule has 0 aliphatic rings. The molecule has 0 aromatic heterocycles. The molecule has 5 radical (unpaired) electrons. The van der Waals surface area contributed by atoms with E-state index in [0.717, 1.165) is 0 Å². The summed E-state index contributed by atoms with van der Waals surface area (Å²) in [4.78, 5) is 0. The molecule has 63 valence electrons. The van der Waals surface area contributed by atoms with E-state index in [4.69, 9.17) is 0 Å². The first-order valence-electron chi connectivity index (χ1n) is 3.13. The van der Waals surface area contributed by atoms with Crippen LogP contribution in [-0.4, -0.2) is 24.4 Å². The van der Waals surface area contributed by atoms with Crippen molar-refractivity contribution in [3.05, 3.63) is 13.8 Å². The van der Waals surface area contributed by atoms with Crippen LogP contribution < -0.4 is 24.0 Å². The second-order valence-electron chi connectivity index (χ2n) is 2.79. The van der Waals surface area contributed by atoms with Crippen LogP contribution in [-0.2, 0) is 0 Å². The molecule has 0 aliphatic heterocycles. The molecule has 0 aliphatic carbocycles. The van der Waals surface area contributed by atoms with E-state index in [9.17, 15) is 0 Å². The Balaban J connectivity index is -0.0000000300. The van der Waals surface area contributed by atoms with Crippen LogP contribution in [0.25, 0.3) is 0 Å². The Hall–Kier alpha value is 1.55. The molecule has 2 heteroatoms. The summed E-state index contributed by atoms with van der Waals surface area (Å²) in [6, 6.07) is 0. The summed E-state index contributed by atoms with van der Waals surface area (Å²) in [5.74, 6) is 1.17. The molecule has 0 spiro atoms. The van der Waals surface area contributed by atoms with Crippen LogP contribution >= 0.6 is 0 Å². The first kappa shape index (κ1) is 22.6. The van der Waals surface area contributed by atoms with E-state index in [2.05, 4.69) is 41.5 Å². The average molecular weight is 363 g/mol. The predicted molar refractivity (Wildman–Crippen MR) is 46.1 cm³/mol. The zero-order chi connectivity index (χ0) is 7.15. The summed E-state index contributed by atoms with van der Waals surface area (Å²) in [6.07, 6.45) is 0. The Labute approximate surface area is 101 Å². The number of hydrogen-bond acceptors (Lipinski definition) is 0. The molecule has 0 amide bonds. The van der Waals surface area contributed by atoms with Crippen LogP contribution in [0, 0.1) is 25.7 Å². The molecule has 0 N–H and O–H groups in total. The summed E-state index contributed by atoms with van der Waals surface area (Å²) in [7, 11) is 0. The third-order valence-electron chi connectivity index (χ3n) is 0. The largest absolute Gasteiger partial charge is 1.00 e. The van der Waals surface area contributed by atoms with E-state index in [-0.39, 0.29) is 48.4 Å². The monoisotopic (exact) mass is 362 g/mol. The quantitative estimate of drug-likeness (QED) is 0.405. The zero-order valence-corrected chi connectivity index (χ0v) is 12.1. The predicted octanol–water partition coefficient (Wildman–Crippen LogP) is -0.424. The van der Waals surface area contributed by atoms with E-state index < -0.39 is 0 Å². The fourth-order valence-electron chi connectivity index (χ4n) is 0. The number of hydrogen-bond donors (Lipinski definition) is 0. The minimum absolute atomic E-state index is 0. The molecule has 0 heterocycles. The normalized spacial score (nSPS) is 7.20. The Bertz CT molecular complexity index is 24.7. The Morgan fingerprint density at radius 1 is 0.800 bits per heavy atom. The Morgan fingerprint density at radius 3 is 0.800 bits per heavy atom. The number of halogens is 1. The van der Waals surface area contributed by atoms with Gasteiger partial charge in [-0.1, -0.05) is 41.5 Å². The molecule has 0 rings (SSSR count). The molecule has 10 heavy (non-hydrogen) atoms. The van der Waals surface area contributed by atoms with Crippen molar-refractivity contribution in [3.8, 4) is 0 Å². The second-order valence-corrected chi connectivity index (χ2v) is 2.79. The van der Waals surface area contributed by atoms with Crippen LogP contribution in [0.1, 0.15) is 27.7 Å². The van der Waals surface area contributed by atoms with Crippen molar-refractivity contribution in [2.75, 3.05) is 0 Å². The second kappa shape index (κ2) is 16.9. The molecule has 0 saturated carbocycles. The molecular formula is C8H18ISb-. The van der Waals surface area contributed by atoms with Crippen LogP contribution in [0.3, 0.4) is 0 Å². The standard InChI is InChI=1S/2C4H9.HI.Sb/c2*1-4(2)3;;/h2*4H,1H2,2-3H3;1H;/p-1. The van der Waals surface area contributed by atoms with Gasteiger partial charge in [-0.15, -0.1) is 0 Å². The Morgan fingerprint density at radius 2 is 0.800 bits per heavy atom. The van der Waals surface area contributed by atoms with Crippen LogP contribution in [0.15, 0.2) is 0 Å². The third kappa shape index (κ3) is 291. The van der Waals surface area contributed by atoms with Crippen molar-refractivity contribution in [1.82, 2.24) is 0 Å². The molecule has 0 bridgehead atoms. The van der Waals surface area contributed by atoms with Gasteiger partial charge in [0.2, 0.25) is 0 Å². The molecule has 0 unspecified atom stereocenters. The molecule has 0 aromatic carbocycles. The van der Waals surface area contributed by atoms with E-state index in [1.165, 1.54) is 0 Å². The maximum atomic E-state index is 3.64. The van der Waals surface area contributed by atoms with Crippen molar-refractivity contribution in [1.29, 1.82) is 0 Å². The molecule has 0 fully saturated rings. The summed E-state index contributed by atoms with van der Waals surface area (Å²) in [6.45, 7) is 15.5. The maximum absolute atomic E-state index is 3.64. The van der Waals surface area contributed by atoms with Crippen LogP contribution in [0.4, 0.5) is 0 Å². The van der Waals surface area contributed by atoms with Gasteiger partial charge in [0.05, 0.1) is 0 Å². The van der Waals surface area contributed by atoms with E-state index in [1.54, 1.807) is 0 Å². The molecular weight excluding hydrogens is 345 g/mol. The van der Waals surface area contributed by atoms with Crippen molar-refractivity contribution in [3.63, 3.8) is 0 Å². The molecule has 0 saturated heterocycles. The van der Waals surface area contributed by atoms with Crippen molar-refractivity contribution in [2.24, 2.45) is 11.8 Å². The van der Waals surface area contributed by atoms with Gasteiger partial charge in [0.15, 0.2) is 0 Å². The van der Waals surface area contributed by atoms with Gasteiger partial charge in [0.1, 0.15) is 0 Å². The smallest absolute Gasteiger partial charge is 0 e. The number of rotatable bonds is 0. The summed E-state index contributed by atoms with van der Waals surface area (Å²) in [5, 5.41) is 0. The van der Waals surface area contributed by atoms with E-state index in [1.807, 2.05) is 0 Å². The first-order valence-corrected chi connectivity index (χ1v) is 3.13. The summed E-state index contributed by atoms with van der Waals surface area (Å²) in [5.41, 5.74) is 0.